The van der Waals surface area contributed by atoms with Crippen LogP contribution >= 0.6 is 0 Å². The Morgan fingerprint density at radius 1 is 0.826 bits per heavy atom. The number of hydrogen-bond donors (Lipinski definition) is 2. The second-order valence-corrected chi connectivity index (χ2v) is 4.83. The third-order valence-corrected chi connectivity index (χ3v) is 3.16. The van der Waals surface area contributed by atoms with Gasteiger partial charge in [-0.15, -0.1) is 0 Å². The lowest BCUT2D eigenvalue weighted by atomic mass is 10.2. The Bertz CT molecular complexity index is 627. The number of ether oxygens (including phenoxy) is 3. The largest absolute Gasteiger partial charge is 0.494 e. The zero-order valence-electron chi connectivity index (χ0n) is 13.9. The third kappa shape index (κ3) is 4.45. The second kappa shape index (κ2) is 8.17. The number of nitrogens with two attached hydrogens (primary N) is 1. The Morgan fingerprint density at radius 3 is 2.04 bits per heavy atom. The molecule has 0 saturated heterocycles. The quantitative estimate of drug-likeness (QED) is 0.714. The highest BCUT2D eigenvalue weighted by Gasteiger charge is 2.10. The van der Waals surface area contributed by atoms with Gasteiger partial charge in [-0.2, -0.15) is 0 Å². The minimum Gasteiger partial charge on any atom is -0.494 e. The van der Waals surface area contributed by atoms with Crippen LogP contribution in [0.1, 0.15) is 20.8 Å². The van der Waals surface area contributed by atoms with E-state index in [0.29, 0.717) is 37.0 Å². The summed E-state index contributed by atoms with van der Waals surface area (Å²) in [4.78, 5) is 0. The molecule has 0 unspecified atom stereocenters. The van der Waals surface area contributed by atoms with E-state index in [-0.39, 0.29) is 0 Å². The zero-order valence-corrected chi connectivity index (χ0v) is 13.9. The molecule has 23 heavy (non-hydrogen) atoms. The molecule has 0 saturated carbocycles. The highest BCUT2D eigenvalue weighted by Crippen LogP contribution is 2.36. The van der Waals surface area contributed by atoms with E-state index in [1.165, 1.54) is 0 Å². The van der Waals surface area contributed by atoms with Crippen molar-refractivity contribution in [3.63, 3.8) is 0 Å². The monoisotopic (exact) mass is 316 g/mol. The first-order chi connectivity index (χ1) is 11.2. The van der Waals surface area contributed by atoms with E-state index in [4.69, 9.17) is 19.9 Å². The molecule has 124 valence electrons. The summed E-state index contributed by atoms with van der Waals surface area (Å²) in [5.41, 5.74) is 8.31. The number of anilines is 3. The molecule has 3 N–H and O–H groups in total. The van der Waals surface area contributed by atoms with Crippen LogP contribution in [-0.2, 0) is 0 Å². The number of nitrogen functional groups attached to an aromatic ring is 1. The zero-order chi connectivity index (χ0) is 16.7. The minimum atomic E-state index is 0.556. The summed E-state index contributed by atoms with van der Waals surface area (Å²) in [5.74, 6) is 2.18. The van der Waals surface area contributed by atoms with Crippen LogP contribution in [0.15, 0.2) is 36.4 Å². The Balaban J connectivity index is 2.26. The Kier molecular flexibility index (Phi) is 5.97. The molecule has 0 spiro atoms. The molecule has 0 aromatic heterocycles. The molecule has 0 atom stereocenters. The lowest BCUT2D eigenvalue weighted by Gasteiger charge is -2.16. The SMILES string of the molecule is CCOc1ccc(Nc2cc(OCC)c(N)cc2OCC)cc1. The summed E-state index contributed by atoms with van der Waals surface area (Å²) in [6, 6.07) is 11.4. The second-order valence-electron chi connectivity index (χ2n) is 4.83. The maximum absolute atomic E-state index is 6.00. The van der Waals surface area contributed by atoms with E-state index in [2.05, 4.69) is 5.32 Å². The third-order valence-electron chi connectivity index (χ3n) is 3.16. The van der Waals surface area contributed by atoms with Gasteiger partial charge in [-0.3, -0.25) is 0 Å². The molecule has 0 radical (unpaired) electrons. The lowest BCUT2D eigenvalue weighted by Crippen LogP contribution is -2.02. The lowest BCUT2D eigenvalue weighted by molar-refractivity contribution is 0.333. The Hall–Kier alpha value is -2.56. The van der Waals surface area contributed by atoms with Crippen molar-refractivity contribution in [2.75, 3.05) is 30.9 Å². The number of rotatable bonds is 8. The van der Waals surface area contributed by atoms with Crippen LogP contribution < -0.4 is 25.3 Å². The average Bonchev–Trinajstić information content (AvgIpc) is 2.54. The summed E-state index contributed by atoms with van der Waals surface area (Å²) >= 11 is 0. The van der Waals surface area contributed by atoms with Crippen LogP contribution in [0, 0.1) is 0 Å². The van der Waals surface area contributed by atoms with Crippen LogP contribution in [-0.4, -0.2) is 19.8 Å². The van der Waals surface area contributed by atoms with Gasteiger partial charge in [0.05, 0.1) is 31.2 Å². The average molecular weight is 316 g/mol. The molecule has 5 heteroatoms. The minimum absolute atomic E-state index is 0.556. The first kappa shape index (κ1) is 16.8. The molecule has 0 fully saturated rings. The molecule has 0 bridgehead atoms. The fourth-order valence-electron chi connectivity index (χ4n) is 2.19. The van der Waals surface area contributed by atoms with Gasteiger partial charge in [-0.05, 0) is 45.0 Å². The predicted octanol–water partition coefficient (Wildman–Crippen LogP) is 4.21. The van der Waals surface area contributed by atoms with Crippen molar-refractivity contribution in [2.45, 2.75) is 20.8 Å². The van der Waals surface area contributed by atoms with Crippen molar-refractivity contribution in [1.29, 1.82) is 0 Å². The van der Waals surface area contributed by atoms with Crippen LogP contribution in [0.25, 0.3) is 0 Å². The van der Waals surface area contributed by atoms with Gasteiger partial charge in [0, 0.05) is 17.8 Å². The number of hydrogen-bond acceptors (Lipinski definition) is 5. The van der Waals surface area contributed by atoms with Crippen LogP contribution in [0.3, 0.4) is 0 Å². The highest BCUT2D eigenvalue weighted by molar-refractivity contribution is 5.73. The molecule has 2 aromatic carbocycles. The van der Waals surface area contributed by atoms with Gasteiger partial charge in [0.25, 0.3) is 0 Å². The molecule has 0 amide bonds. The van der Waals surface area contributed by atoms with Gasteiger partial charge in [0.2, 0.25) is 0 Å². The van der Waals surface area contributed by atoms with Gasteiger partial charge in [-0.25, -0.2) is 0 Å². The van der Waals surface area contributed by atoms with Crippen LogP contribution in [0.2, 0.25) is 0 Å². The molecule has 0 aliphatic heterocycles. The first-order valence-corrected chi connectivity index (χ1v) is 7.86. The van der Waals surface area contributed by atoms with Crippen molar-refractivity contribution in [3.8, 4) is 17.2 Å². The van der Waals surface area contributed by atoms with Crippen LogP contribution in [0.4, 0.5) is 17.1 Å². The van der Waals surface area contributed by atoms with Crippen molar-refractivity contribution >= 4 is 17.1 Å². The standard InChI is InChI=1S/C18H24N2O3/c1-4-21-14-9-7-13(8-10-14)20-16-12-17(22-5-2)15(19)11-18(16)23-6-3/h7-12,20H,4-6,19H2,1-3H3. The maximum atomic E-state index is 6.00. The topological polar surface area (TPSA) is 65.7 Å². The van der Waals surface area contributed by atoms with Gasteiger partial charge >= 0.3 is 0 Å². The molecule has 0 aliphatic carbocycles. The molecular weight excluding hydrogens is 292 g/mol. The van der Waals surface area contributed by atoms with E-state index >= 15 is 0 Å². The van der Waals surface area contributed by atoms with Crippen LogP contribution in [0.5, 0.6) is 17.2 Å². The number of benzene rings is 2. The van der Waals surface area contributed by atoms with E-state index in [1.54, 1.807) is 6.07 Å². The Morgan fingerprint density at radius 2 is 1.43 bits per heavy atom. The number of nitrogens with one attached hydrogen (secondary N) is 1. The Labute approximate surface area is 137 Å². The van der Waals surface area contributed by atoms with E-state index in [9.17, 15) is 0 Å². The van der Waals surface area contributed by atoms with Gasteiger partial charge in [-0.1, -0.05) is 0 Å². The van der Waals surface area contributed by atoms with Crippen molar-refractivity contribution in [2.24, 2.45) is 0 Å². The molecular formula is C18H24N2O3. The molecule has 5 nitrogen and oxygen atoms in total. The molecule has 2 rings (SSSR count). The predicted molar refractivity (Wildman–Crippen MR) is 94.1 cm³/mol. The molecule has 0 aliphatic rings. The fourth-order valence-corrected chi connectivity index (χ4v) is 2.19. The summed E-state index contributed by atoms with van der Waals surface area (Å²) in [6.07, 6.45) is 0. The van der Waals surface area contributed by atoms with E-state index in [0.717, 1.165) is 17.1 Å². The van der Waals surface area contributed by atoms with Gasteiger partial charge in [0.1, 0.15) is 17.2 Å². The normalized spacial score (nSPS) is 10.2. The maximum Gasteiger partial charge on any atom is 0.145 e. The summed E-state index contributed by atoms with van der Waals surface area (Å²) in [5, 5.41) is 3.34. The highest BCUT2D eigenvalue weighted by atomic mass is 16.5. The van der Waals surface area contributed by atoms with Crippen molar-refractivity contribution < 1.29 is 14.2 Å². The van der Waals surface area contributed by atoms with Gasteiger partial charge < -0.3 is 25.3 Å². The first-order valence-electron chi connectivity index (χ1n) is 7.86. The van der Waals surface area contributed by atoms with Gasteiger partial charge in [0.15, 0.2) is 0 Å². The van der Waals surface area contributed by atoms with E-state index in [1.807, 2.05) is 51.1 Å². The summed E-state index contributed by atoms with van der Waals surface area (Å²) in [7, 11) is 0. The van der Waals surface area contributed by atoms with Crippen molar-refractivity contribution in [3.05, 3.63) is 36.4 Å². The van der Waals surface area contributed by atoms with E-state index < -0.39 is 0 Å². The smallest absolute Gasteiger partial charge is 0.145 e. The summed E-state index contributed by atoms with van der Waals surface area (Å²) in [6.45, 7) is 7.59. The fraction of sp³-hybridized carbons (Fsp3) is 0.333. The van der Waals surface area contributed by atoms with Crippen molar-refractivity contribution in [1.82, 2.24) is 0 Å². The summed E-state index contributed by atoms with van der Waals surface area (Å²) < 4.78 is 16.7. The molecule has 2 aromatic rings. The molecule has 0 heterocycles.